The molecule has 2 amide bonds. The average Bonchev–Trinajstić information content (AvgIpc) is 2.72. The summed E-state index contributed by atoms with van der Waals surface area (Å²) in [5.41, 5.74) is 0. The van der Waals surface area contributed by atoms with Crippen molar-refractivity contribution in [2.45, 2.75) is 43.0 Å². The van der Waals surface area contributed by atoms with E-state index in [4.69, 9.17) is 5.11 Å². The van der Waals surface area contributed by atoms with E-state index in [2.05, 4.69) is 10.6 Å². The zero-order valence-electron chi connectivity index (χ0n) is 9.94. The van der Waals surface area contributed by atoms with Gasteiger partial charge in [0.2, 0.25) is 0 Å². The highest BCUT2D eigenvalue weighted by molar-refractivity contribution is 8.00. The Morgan fingerprint density at radius 1 is 1.50 bits per heavy atom. The molecule has 3 N–H and O–H groups in total. The molecule has 2 aliphatic rings. The number of amides is 2. The third-order valence-electron chi connectivity index (χ3n) is 3.07. The molecular formula is C10H17N2O3S+. The zero-order valence-corrected chi connectivity index (χ0v) is 9.76. The Morgan fingerprint density at radius 3 is 3.06 bits per heavy atom. The fourth-order valence-corrected chi connectivity index (χ4v) is 3.81. The average molecular weight is 245 g/mol. The highest BCUT2D eigenvalue weighted by Crippen LogP contribution is 2.33. The van der Waals surface area contributed by atoms with Gasteiger partial charge in [-0.3, -0.25) is 4.79 Å². The summed E-state index contributed by atoms with van der Waals surface area (Å²) in [6.07, 6.45) is 2.88. The number of carboxylic acids is 1. The lowest BCUT2D eigenvalue weighted by atomic mass is 10.0. The molecule has 0 radical (unpaired) electrons. The number of hydrogen-bond donors (Lipinski definition) is 3. The molecule has 2 heterocycles. The number of carbonyl (C=O) groups excluding carboxylic acids is 1. The van der Waals surface area contributed by atoms with E-state index in [0.717, 1.165) is 25.0 Å². The fraction of sp³-hybridized carbons (Fsp3) is 0.800. The lowest BCUT2D eigenvalue weighted by Crippen LogP contribution is -2.36. The Labute approximate surface area is 99.8 Å². The van der Waals surface area contributed by atoms with Crippen molar-refractivity contribution in [2.75, 3.05) is 5.75 Å². The van der Waals surface area contributed by atoms with Crippen LogP contribution in [0.15, 0.2) is 0 Å². The Kier molecular flexibility index (Phi) is 3.58. The summed E-state index contributed by atoms with van der Waals surface area (Å²) in [4.78, 5) is 21.5. The summed E-state index contributed by atoms with van der Waals surface area (Å²) in [6.45, 7) is 0. The van der Waals surface area contributed by atoms with E-state index >= 15 is 0 Å². The highest BCUT2D eigenvalue weighted by Gasteiger charge is 2.42. The second-order valence-corrected chi connectivity index (χ2v) is 5.53. The summed E-state index contributed by atoms with van der Waals surface area (Å²) in [5.74, 6) is 0.236. The van der Waals surface area contributed by atoms with E-state index in [-0.39, 0.29) is 26.0 Å². The molecule has 0 bridgehead atoms. The lowest BCUT2D eigenvalue weighted by molar-refractivity contribution is -0.137. The first-order valence-corrected chi connectivity index (χ1v) is 6.62. The molecule has 0 saturated carbocycles. The number of unbranched alkanes of at least 4 members (excludes halogenated alkanes) is 1. The van der Waals surface area contributed by atoms with E-state index in [1.165, 1.54) is 0 Å². The van der Waals surface area contributed by atoms with E-state index in [0.29, 0.717) is 5.25 Å². The lowest BCUT2D eigenvalue weighted by Gasteiger charge is -2.16. The Hall–Kier alpha value is -0.910. The van der Waals surface area contributed by atoms with Crippen molar-refractivity contribution in [2.24, 2.45) is 0 Å². The minimum atomic E-state index is -0.729. The van der Waals surface area contributed by atoms with Crippen LogP contribution < -0.4 is 10.6 Å². The number of urea groups is 1. The number of fused-ring (bicyclic) bond motifs is 1. The summed E-state index contributed by atoms with van der Waals surface area (Å²) in [7, 11) is 0. The van der Waals surface area contributed by atoms with Gasteiger partial charge in [0.25, 0.3) is 0 Å². The maximum atomic E-state index is 11.1. The van der Waals surface area contributed by atoms with E-state index in [9.17, 15) is 9.59 Å². The molecule has 90 valence electrons. The van der Waals surface area contributed by atoms with Crippen LogP contribution in [0.1, 0.15) is 27.1 Å². The topological polar surface area (TPSA) is 78.4 Å². The van der Waals surface area contributed by atoms with Crippen molar-refractivity contribution in [1.82, 2.24) is 10.6 Å². The maximum absolute atomic E-state index is 11.1. The third kappa shape index (κ3) is 2.61. The zero-order chi connectivity index (χ0) is 11.5. The third-order valence-corrected chi connectivity index (χ3v) is 4.58. The van der Waals surface area contributed by atoms with Crippen molar-refractivity contribution in [3.8, 4) is 0 Å². The molecule has 2 fully saturated rings. The van der Waals surface area contributed by atoms with Crippen LogP contribution in [0.2, 0.25) is 0 Å². The molecule has 0 aliphatic carbocycles. The summed E-state index contributed by atoms with van der Waals surface area (Å²) in [6, 6.07) is 0.440. The monoisotopic (exact) mass is 245 g/mol. The Morgan fingerprint density at radius 2 is 2.31 bits per heavy atom. The van der Waals surface area contributed by atoms with Gasteiger partial charge in [-0.2, -0.15) is 11.8 Å². The SMILES string of the molecule is O=C(O)CCCC[C@@H]1SC[C@@H]2NC(=O)N[C@@H]21.[H+]. The predicted octanol–water partition coefficient (Wildman–Crippen LogP) is 0.909. The molecule has 0 unspecified atom stereocenters. The van der Waals surface area contributed by atoms with Gasteiger partial charge in [0, 0.05) is 17.4 Å². The van der Waals surface area contributed by atoms with Gasteiger partial charge in [-0.05, 0) is 12.8 Å². The van der Waals surface area contributed by atoms with Gasteiger partial charge < -0.3 is 15.7 Å². The van der Waals surface area contributed by atoms with Crippen LogP contribution in [0.3, 0.4) is 0 Å². The molecule has 16 heavy (non-hydrogen) atoms. The number of hydrogen-bond acceptors (Lipinski definition) is 3. The van der Waals surface area contributed by atoms with E-state index < -0.39 is 5.97 Å². The molecule has 2 rings (SSSR count). The van der Waals surface area contributed by atoms with Crippen molar-refractivity contribution < 1.29 is 16.1 Å². The predicted molar refractivity (Wildman–Crippen MR) is 62.7 cm³/mol. The molecule has 0 aromatic carbocycles. The van der Waals surface area contributed by atoms with Gasteiger partial charge in [0.15, 0.2) is 0 Å². The van der Waals surface area contributed by atoms with Gasteiger partial charge in [-0.1, -0.05) is 6.42 Å². The number of carbonyl (C=O) groups is 2. The number of carboxylic acid groups (broad SMARTS) is 1. The molecule has 0 aromatic rings. The minimum absolute atomic E-state index is 0. The fourth-order valence-electron chi connectivity index (χ4n) is 2.26. The molecule has 5 nitrogen and oxygen atoms in total. The molecule has 6 heteroatoms. The molecule has 0 aromatic heterocycles. The molecular weight excluding hydrogens is 228 g/mol. The second kappa shape index (κ2) is 4.95. The first kappa shape index (κ1) is 11.6. The smallest absolute Gasteiger partial charge is 0.481 e. The quantitative estimate of drug-likeness (QED) is 0.497. The molecule has 0 spiro atoms. The summed E-state index contributed by atoms with van der Waals surface area (Å²) in [5, 5.41) is 14.8. The van der Waals surface area contributed by atoms with Crippen LogP contribution in [0.5, 0.6) is 0 Å². The summed E-state index contributed by atoms with van der Waals surface area (Å²) < 4.78 is 0. The Balaban J connectivity index is 0.00000144. The minimum Gasteiger partial charge on any atom is -0.481 e. The van der Waals surface area contributed by atoms with Gasteiger partial charge >= 0.3 is 13.4 Å². The largest absolute Gasteiger partial charge is 1.00 e. The highest BCUT2D eigenvalue weighted by atomic mass is 32.2. The summed E-state index contributed by atoms with van der Waals surface area (Å²) >= 11 is 1.87. The van der Waals surface area contributed by atoms with Crippen molar-refractivity contribution in [1.29, 1.82) is 0 Å². The first-order valence-electron chi connectivity index (χ1n) is 5.57. The number of rotatable bonds is 5. The van der Waals surface area contributed by atoms with Gasteiger partial charge in [0.1, 0.15) is 0 Å². The van der Waals surface area contributed by atoms with E-state index in [1.807, 2.05) is 11.8 Å². The maximum Gasteiger partial charge on any atom is 1.00 e. The van der Waals surface area contributed by atoms with Crippen LogP contribution in [-0.4, -0.2) is 40.2 Å². The van der Waals surface area contributed by atoms with Crippen LogP contribution in [0.25, 0.3) is 0 Å². The number of nitrogens with one attached hydrogen (secondary N) is 2. The Bertz CT molecular complexity index is 303. The van der Waals surface area contributed by atoms with Crippen molar-refractivity contribution in [3.63, 3.8) is 0 Å². The molecule has 2 aliphatic heterocycles. The van der Waals surface area contributed by atoms with Crippen molar-refractivity contribution in [3.05, 3.63) is 0 Å². The molecule has 2 saturated heterocycles. The van der Waals surface area contributed by atoms with Gasteiger partial charge in [-0.25, -0.2) is 4.79 Å². The van der Waals surface area contributed by atoms with Crippen molar-refractivity contribution >= 4 is 23.8 Å². The van der Waals surface area contributed by atoms with Gasteiger partial charge in [-0.15, -0.1) is 0 Å². The number of aliphatic carboxylic acids is 1. The normalized spacial score (nSPS) is 32.0. The standard InChI is InChI=1S/C10H16N2O3S/c13-8(14)4-2-1-3-7-9-6(5-16-7)11-10(15)12-9/h6-7,9H,1-5H2,(H,13,14)(H2,11,12,15)/p+1/t6-,7-,9-/m0/s1. The number of thioether (sulfide) groups is 1. The van der Waals surface area contributed by atoms with Crippen LogP contribution in [0, 0.1) is 0 Å². The van der Waals surface area contributed by atoms with Crippen LogP contribution in [0.4, 0.5) is 4.79 Å². The molecule has 3 atom stereocenters. The van der Waals surface area contributed by atoms with Gasteiger partial charge in [0.05, 0.1) is 12.1 Å². The second-order valence-electron chi connectivity index (χ2n) is 4.26. The van der Waals surface area contributed by atoms with Crippen LogP contribution in [-0.2, 0) is 4.79 Å². The first-order chi connectivity index (χ1) is 7.66. The van der Waals surface area contributed by atoms with E-state index in [1.54, 1.807) is 0 Å². The van der Waals surface area contributed by atoms with Crippen LogP contribution >= 0.6 is 11.8 Å².